The van der Waals surface area contributed by atoms with Gasteiger partial charge in [-0.1, -0.05) is 0 Å². The molecule has 0 amide bonds. The van der Waals surface area contributed by atoms with Crippen molar-refractivity contribution < 1.29 is 19.6 Å². The maximum absolute atomic E-state index is 12.2. The molecule has 2 saturated heterocycles. The van der Waals surface area contributed by atoms with Gasteiger partial charge in [-0.05, 0) is 18.1 Å². The van der Waals surface area contributed by atoms with Crippen LogP contribution in [0.15, 0.2) is 16.0 Å². The van der Waals surface area contributed by atoms with Crippen LogP contribution < -0.4 is 20.9 Å². The average Bonchev–Trinajstić information content (AvgIpc) is 3.23. The zero-order chi connectivity index (χ0) is 16.5. The maximum atomic E-state index is 12.2. The third-order valence-electron chi connectivity index (χ3n) is 6.31. The lowest BCUT2D eigenvalue weighted by Gasteiger charge is -2.35. The van der Waals surface area contributed by atoms with E-state index in [4.69, 9.17) is 4.74 Å². The number of nitrogens with zero attached hydrogens (tertiary/aromatic N) is 1. The minimum Gasteiger partial charge on any atom is -0.504 e. The van der Waals surface area contributed by atoms with E-state index in [1.165, 1.54) is 5.57 Å². The summed E-state index contributed by atoms with van der Waals surface area (Å²) in [5.74, 6) is 0.304. The van der Waals surface area contributed by atoms with Crippen LogP contribution in [0.1, 0.15) is 18.4 Å². The predicted octanol–water partition coefficient (Wildman–Crippen LogP) is -1.28. The van der Waals surface area contributed by atoms with E-state index in [9.17, 15) is 9.90 Å². The summed E-state index contributed by atoms with van der Waals surface area (Å²) < 4.78 is 5.85. The summed E-state index contributed by atoms with van der Waals surface area (Å²) in [5.41, 5.74) is 3.35. The molecule has 1 spiro atoms. The van der Waals surface area contributed by atoms with Crippen molar-refractivity contribution >= 4 is 40.7 Å². The van der Waals surface area contributed by atoms with Crippen LogP contribution in [0.2, 0.25) is 0 Å². The first-order chi connectivity index (χ1) is 12.2. The van der Waals surface area contributed by atoms with Crippen LogP contribution >= 0.6 is 11.8 Å². The number of nitrogens with one attached hydrogen (secondary N) is 2. The number of aliphatic imine (C=N–C) groups is 1. The number of aromatic hydroxyl groups is 1. The zero-order valence-corrected chi connectivity index (χ0v) is 13.9. The van der Waals surface area contributed by atoms with Crippen LogP contribution in [0.25, 0.3) is 5.57 Å². The smallest absolute Gasteiger partial charge is 0.214 e. The average molecular weight is 352 g/mol. The highest BCUT2D eigenvalue weighted by molar-refractivity contribution is 8.04. The maximum Gasteiger partial charge on any atom is 0.214 e. The highest BCUT2D eigenvalue weighted by Gasteiger charge is 2.69. The second-order valence-corrected chi connectivity index (χ2v) is 8.72. The Bertz CT molecular complexity index is 1120. The molecule has 7 rings (SSSR count). The fourth-order valence-corrected chi connectivity index (χ4v) is 6.81. The van der Waals surface area contributed by atoms with Gasteiger partial charge in [-0.2, -0.15) is 0 Å². The number of carbonyl (C=O) groups is 1. The van der Waals surface area contributed by atoms with Gasteiger partial charge in [0.2, 0.25) is 5.36 Å². The van der Waals surface area contributed by atoms with Gasteiger partial charge in [-0.15, -0.1) is 11.8 Å². The summed E-state index contributed by atoms with van der Waals surface area (Å²) in [6, 6.07) is 0. The van der Waals surface area contributed by atoms with E-state index < -0.39 is 0 Å². The Labute approximate surface area is 146 Å². The van der Waals surface area contributed by atoms with E-state index in [1.54, 1.807) is 17.8 Å². The lowest BCUT2D eigenvalue weighted by Crippen LogP contribution is -2.83. The summed E-state index contributed by atoms with van der Waals surface area (Å²) in [4.78, 5) is 21.3. The Morgan fingerprint density at radius 1 is 1.48 bits per heavy atom. The monoisotopic (exact) mass is 352 g/mol. The van der Waals surface area contributed by atoms with Crippen molar-refractivity contribution in [3.63, 3.8) is 0 Å². The summed E-state index contributed by atoms with van der Waals surface area (Å²) in [6.45, 7) is 0.852. The molecule has 1 aromatic rings. The first-order valence-electron chi connectivity index (χ1n) is 8.61. The number of phenols is 1. The summed E-state index contributed by atoms with van der Waals surface area (Å²) in [5, 5.41) is 16.7. The molecule has 25 heavy (non-hydrogen) atoms. The number of fused-ring (bicyclic) bond motifs is 4. The Morgan fingerprint density at radius 2 is 2.40 bits per heavy atom. The fourth-order valence-electron chi connectivity index (χ4n) is 5.28. The number of rotatable bonds is 0. The molecule has 1 aromatic carbocycles. The van der Waals surface area contributed by atoms with Gasteiger partial charge in [0.05, 0.1) is 27.3 Å². The van der Waals surface area contributed by atoms with Crippen molar-refractivity contribution in [2.24, 2.45) is 4.99 Å². The van der Waals surface area contributed by atoms with E-state index in [2.05, 4.69) is 15.3 Å². The standard InChI is InChI=1S/C18H13N3O3S/c22-7-3-8-18(17-16(7)24-17)4-9(25-8)21-14-11(18)12-10-6(1-2-19-12)5-20-13(10)15(14)23/h3,5,9,16-17,21,23H,1-2,4H2/p+1/t9-,16?,17?,18+/m0/s1. The third-order valence-corrected chi connectivity index (χ3v) is 7.62. The molecule has 0 saturated carbocycles. The number of thioether (sulfide) groups is 1. The number of epoxide rings is 1. The third kappa shape index (κ3) is 1.29. The molecule has 1 aliphatic carbocycles. The van der Waals surface area contributed by atoms with E-state index >= 15 is 0 Å². The molecule has 0 aromatic heterocycles. The SMILES string of the molecule is O=C1C=C2S[C@H]3C[C@@]2(c2c(c(O)c4c5c2=[NH+]CCC=5C=N4)N3)C2OC12. The highest BCUT2D eigenvalue weighted by Crippen LogP contribution is 2.65. The Hall–Kier alpha value is -2.12. The Morgan fingerprint density at radius 3 is 3.32 bits per heavy atom. The second-order valence-electron chi connectivity index (χ2n) is 7.47. The number of hydrogen-bond acceptors (Lipinski definition) is 6. The molecule has 2 unspecified atom stereocenters. The quantitative estimate of drug-likeness (QED) is 0.400. The van der Waals surface area contributed by atoms with Crippen molar-refractivity contribution in [1.82, 2.24) is 0 Å². The molecule has 5 aliphatic heterocycles. The normalized spacial score (nSPS) is 37.4. The molecular formula is C18H14N3O3S+. The number of ether oxygens (including phenoxy) is 1. The van der Waals surface area contributed by atoms with Crippen molar-refractivity contribution in [3.05, 3.63) is 27.1 Å². The van der Waals surface area contributed by atoms with Crippen molar-refractivity contribution in [1.29, 1.82) is 0 Å². The number of hydrogen-bond donors (Lipinski definition) is 3. The van der Waals surface area contributed by atoms with Gasteiger partial charge < -0.3 is 15.2 Å². The molecule has 5 heterocycles. The lowest BCUT2D eigenvalue weighted by molar-refractivity contribution is -0.501. The van der Waals surface area contributed by atoms with Gasteiger partial charge in [0.15, 0.2) is 11.5 Å². The first-order valence-corrected chi connectivity index (χ1v) is 9.48. The molecule has 3 N–H and O–H groups in total. The summed E-state index contributed by atoms with van der Waals surface area (Å²) in [7, 11) is 0. The van der Waals surface area contributed by atoms with E-state index in [-0.39, 0.29) is 34.5 Å². The van der Waals surface area contributed by atoms with Crippen LogP contribution in [0, 0.1) is 0 Å². The second kappa shape index (κ2) is 3.83. The van der Waals surface area contributed by atoms with Crippen molar-refractivity contribution in [2.75, 3.05) is 11.9 Å². The predicted molar refractivity (Wildman–Crippen MR) is 91.5 cm³/mol. The number of phenolic OH excluding ortho intramolecular Hbond substituents is 1. The van der Waals surface area contributed by atoms with Crippen LogP contribution in [-0.4, -0.2) is 41.2 Å². The summed E-state index contributed by atoms with van der Waals surface area (Å²) >= 11 is 1.70. The Kier molecular flexibility index (Phi) is 2.01. The zero-order valence-electron chi connectivity index (χ0n) is 13.1. The largest absolute Gasteiger partial charge is 0.504 e. The number of ketones is 1. The topological polar surface area (TPSA) is 88.2 Å². The number of benzene rings is 1. The molecule has 6 nitrogen and oxygen atoms in total. The molecule has 2 bridgehead atoms. The molecule has 0 radical (unpaired) electrons. The number of anilines is 1. The highest BCUT2D eigenvalue weighted by atomic mass is 32.2. The first kappa shape index (κ1) is 13.1. The molecule has 4 atom stereocenters. The lowest BCUT2D eigenvalue weighted by atomic mass is 9.67. The van der Waals surface area contributed by atoms with Crippen LogP contribution in [0.4, 0.5) is 11.4 Å². The molecular weight excluding hydrogens is 338 g/mol. The fraction of sp³-hybridized carbons (Fsp3) is 0.389. The van der Waals surface area contributed by atoms with Gasteiger partial charge in [-0.25, -0.2) is 4.99 Å². The van der Waals surface area contributed by atoms with Crippen molar-refractivity contribution in [2.45, 2.75) is 35.8 Å². The van der Waals surface area contributed by atoms with Gasteiger partial charge in [-0.3, -0.25) is 9.79 Å². The summed E-state index contributed by atoms with van der Waals surface area (Å²) in [6.07, 6.45) is 5.01. The molecule has 124 valence electrons. The molecule has 2 fully saturated rings. The van der Waals surface area contributed by atoms with E-state index in [1.807, 2.05) is 6.21 Å². The van der Waals surface area contributed by atoms with Gasteiger partial charge >= 0.3 is 0 Å². The minimum atomic E-state index is -0.325. The minimum absolute atomic E-state index is 0.0785. The molecule has 6 aliphatic rings. The van der Waals surface area contributed by atoms with E-state index in [0.717, 1.165) is 46.1 Å². The van der Waals surface area contributed by atoms with Crippen LogP contribution in [-0.2, 0) is 14.9 Å². The van der Waals surface area contributed by atoms with E-state index in [0.29, 0.717) is 5.69 Å². The van der Waals surface area contributed by atoms with Crippen molar-refractivity contribution in [3.8, 4) is 5.75 Å². The number of carbonyl (C=O) groups excluding carboxylic acids is 1. The van der Waals surface area contributed by atoms with Gasteiger partial charge in [0.25, 0.3) is 0 Å². The molecule has 7 heteroatoms. The van der Waals surface area contributed by atoms with Crippen LogP contribution in [0.5, 0.6) is 5.75 Å². The van der Waals surface area contributed by atoms with Crippen LogP contribution in [0.3, 0.4) is 0 Å². The Balaban J connectivity index is 1.68. The van der Waals surface area contributed by atoms with Gasteiger partial charge in [0, 0.05) is 17.5 Å². The van der Waals surface area contributed by atoms with Gasteiger partial charge in [0.1, 0.15) is 24.4 Å².